The Morgan fingerprint density at radius 3 is 2.35 bits per heavy atom. The Morgan fingerprint density at radius 2 is 1.73 bits per heavy atom. The van der Waals surface area contributed by atoms with Crippen molar-refractivity contribution >= 4 is 17.8 Å². The summed E-state index contributed by atoms with van der Waals surface area (Å²) in [7, 11) is 1.43. The lowest BCUT2D eigenvalue weighted by atomic mass is 9.99. The van der Waals surface area contributed by atoms with Crippen LogP contribution >= 0.6 is 0 Å². The first-order chi connectivity index (χ1) is 17.6. The van der Waals surface area contributed by atoms with Crippen LogP contribution in [0.15, 0.2) is 36.4 Å². The number of carbonyl (C=O) groups is 3. The van der Waals surface area contributed by atoms with Crippen LogP contribution in [0.5, 0.6) is 17.2 Å². The van der Waals surface area contributed by atoms with Gasteiger partial charge in [0.15, 0.2) is 5.78 Å². The molecule has 0 atom stereocenters. The number of ether oxygens (including phenoxy) is 5. The zero-order chi connectivity index (χ0) is 27.4. The van der Waals surface area contributed by atoms with Crippen molar-refractivity contribution < 1.29 is 38.1 Å². The van der Waals surface area contributed by atoms with Crippen LogP contribution in [-0.4, -0.2) is 56.9 Å². The Hall–Kier alpha value is -3.59. The predicted octanol–water partition coefficient (Wildman–Crippen LogP) is 5.13. The third-order valence-corrected chi connectivity index (χ3v) is 5.05. The zero-order valence-corrected chi connectivity index (χ0v) is 22.5. The number of carbonyl (C=O) groups excluding carboxylic acids is 3. The number of alkyl carbamates (subject to hydrolysis) is 1. The van der Waals surface area contributed by atoms with Crippen molar-refractivity contribution in [3.8, 4) is 17.2 Å². The maximum atomic E-state index is 13.1. The van der Waals surface area contributed by atoms with Gasteiger partial charge in [-0.3, -0.25) is 4.79 Å². The number of unbranched alkanes of at least 4 members (excludes halogenated alkanes) is 1. The van der Waals surface area contributed by atoms with E-state index in [9.17, 15) is 14.4 Å². The minimum Gasteiger partial charge on any atom is -0.496 e. The molecule has 0 aliphatic heterocycles. The standard InChI is InChI=1S/C28H37NO8/c1-7-8-15-35-23-17-21(22(30)18-34-16-14-29-27(32)37-28(3,4)5)25(33-6)19(2)24(23)26(31)36-20-12-10-9-11-13-20/h9-13,17H,7-8,14-16,18H2,1-6H3,(H,29,32). The van der Waals surface area contributed by atoms with Gasteiger partial charge >= 0.3 is 12.1 Å². The fraction of sp³-hybridized carbons (Fsp3) is 0.464. The first kappa shape index (κ1) is 29.6. The van der Waals surface area contributed by atoms with Crippen LogP contribution in [-0.2, 0) is 9.47 Å². The summed E-state index contributed by atoms with van der Waals surface area (Å²) in [5.74, 6) is -0.109. The van der Waals surface area contributed by atoms with Gasteiger partial charge in [0.2, 0.25) is 0 Å². The van der Waals surface area contributed by atoms with E-state index in [2.05, 4.69) is 5.32 Å². The first-order valence-corrected chi connectivity index (χ1v) is 12.3. The van der Waals surface area contributed by atoms with Gasteiger partial charge in [0.05, 0.1) is 25.9 Å². The van der Waals surface area contributed by atoms with Crippen LogP contribution in [0.3, 0.4) is 0 Å². The smallest absolute Gasteiger partial charge is 0.407 e. The van der Waals surface area contributed by atoms with Gasteiger partial charge in [0.1, 0.15) is 35.0 Å². The number of benzene rings is 2. The molecule has 0 saturated carbocycles. The highest BCUT2D eigenvalue weighted by Crippen LogP contribution is 2.35. The average Bonchev–Trinajstić information content (AvgIpc) is 2.83. The summed E-state index contributed by atoms with van der Waals surface area (Å²) in [5.41, 5.74) is 0.234. The molecule has 202 valence electrons. The van der Waals surface area contributed by atoms with Crippen molar-refractivity contribution in [2.24, 2.45) is 0 Å². The molecular weight excluding hydrogens is 478 g/mol. The molecule has 2 aromatic carbocycles. The number of rotatable bonds is 13. The monoisotopic (exact) mass is 515 g/mol. The van der Waals surface area contributed by atoms with Gasteiger partial charge in [0.25, 0.3) is 0 Å². The first-order valence-electron chi connectivity index (χ1n) is 12.3. The normalized spacial score (nSPS) is 11.0. The quantitative estimate of drug-likeness (QED) is 0.169. The Labute approximate surface area is 218 Å². The molecule has 2 aromatic rings. The molecule has 2 rings (SSSR count). The fourth-order valence-electron chi connectivity index (χ4n) is 3.36. The van der Waals surface area contributed by atoms with Crippen LogP contribution in [0.1, 0.15) is 66.8 Å². The molecule has 9 nitrogen and oxygen atoms in total. The summed E-state index contributed by atoms with van der Waals surface area (Å²) >= 11 is 0. The van der Waals surface area contributed by atoms with Crippen molar-refractivity contribution in [2.45, 2.75) is 53.1 Å². The van der Waals surface area contributed by atoms with Gasteiger partial charge in [-0.05, 0) is 52.3 Å². The minimum atomic E-state index is -0.614. The van der Waals surface area contributed by atoms with Gasteiger partial charge < -0.3 is 29.0 Å². The van der Waals surface area contributed by atoms with E-state index in [0.29, 0.717) is 17.9 Å². The van der Waals surface area contributed by atoms with Crippen molar-refractivity contribution in [3.05, 3.63) is 53.1 Å². The van der Waals surface area contributed by atoms with E-state index in [0.717, 1.165) is 12.8 Å². The summed E-state index contributed by atoms with van der Waals surface area (Å²) in [5, 5.41) is 2.57. The lowest BCUT2D eigenvalue weighted by Gasteiger charge is -2.20. The van der Waals surface area contributed by atoms with Gasteiger partial charge in [-0.2, -0.15) is 0 Å². The summed E-state index contributed by atoms with van der Waals surface area (Å²) in [6.45, 7) is 9.40. The number of ketones is 1. The second kappa shape index (κ2) is 14.2. The molecule has 0 unspecified atom stereocenters. The maximum absolute atomic E-state index is 13.1. The molecule has 0 aliphatic rings. The van der Waals surface area contributed by atoms with Crippen molar-refractivity contribution in [1.29, 1.82) is 0 Å². The minimum absolute atomic E-state index is 0.105. The fourth-order valence-corrected chi connectivity index (χ4v) is 3.36. The van der Waals surface area contributed by atoms with Crippen LogP contribution in [0.25, 0.3) is 0 Å². The van der Waals surface area contributed by atoms with E-state index in [-0.39, 0.29) is 48.2 Å². The lowest BCUT2D eigenvalue weighted by molar-refractivity contribution is 0.0497. The van der Waals surface area contributed by atoms with E-state index >= 15 is 0 Å². The van der Waals surface area contributed by atoms with E-state index in [1.807, 2.05) is 13.0 Å². The second-order valence-corrected chi connectivity index (χ2v) is 9.26. The van der Waals surface area contributed by atoms with Gasteiger partial charge in [-0.25, -0.2) is 9.59 Å². The van der Waals surface area contributed by atoms with Crippen molar-refractivity contribution in [1.82, 2.24) is 5.32 Å². The van der Waals surface area contributed by atoms with Crippen LogP contribution in [0.2, 0.25) is 0 Å². The molecule has 1 N–H and O–H groups in total. The second-order valence-electron chi connectivity index (χ2n) is 9.26. The maximum Gasteiger partial charge on any atom is 0.407 e. The molecule has 0 bridgehead atoms. The molecule has 0 aliphatic carbocycles. The molecule has 9 heteroatoms. The van der Waals surface area contributed by atoms with E-state index in [1.54, 1.807) is 52.0 Å². The summed E-state index contributed by atoms with van der Waals surface area (Å²) < 4.78 is 27.6. The third-order valence-electron chi connectivity index (χ3n) is 5.05. The molecule has 0 saturated heterocycles. The molecule has 0 spiro atoms. The lowest BCUT2D eigenvalue weighted by Crippen LogP contribution is -2.34. The highest BCUT2D eigenvalue weighted by atomic mass is 16.6. The molecule has 0 radical (unpaired) electrons. The van der Waals surface area contributed by atoms with E-state index in [4.69, 9.17) is 23.7 Å². The molecule has 0 heterocycles. The number of hydrogen-bond acceptors (Lipinski definition) is 8. The summed E-state index contributed by atoms with van der Waals surface area (Å²) in [6.07, 6.45) is 1.11. The number of methoxy groups -OCH3 is 1. The summed E-state index contributed by atoms with van der Waals surface area (Å²) in [4.78, 5) is 37.9. The van der Waals surface area contributed by atoms with E-state index < -0.39 is 17.7 Å². The van der Waals surface area contributed by atoms with Crippen LogP contribution in [0.4, 0.5) is 4.79 Å². The largest absolute Gasteiger partial charge is 0.496 e. The van der Waals surface area contributed by atoms with Gasteiger partial charge in [-0.15, -0.1) is 0 Å². The van der Waals surface area contributed by atoms with Crippen molar-refractivity contribution in [2.75, 3.05) is 33.5 Å². The summed E-state index contributed by atoms with van der Waals surface area (Å²) in [6, 6.07) is 10.2. The van der Waals surface area contributed by atoms with Crippen molar-refractivity contribution in [3.63, 3.8) is 0 Å². The van der Waals surface area contributed by atoms with E-state index in [1.165, 1.54) is 13.2 Å². The number of Topliss-reactive ketones (excluding diaryl/α,β-unsaturated/α-hetero) is 1. The predicted molar refractivity (Wildman–Crippen MR) is 139 cm³/mol. The van der Waals surface area contributed by atoms with Gasteiger partial charge in [-0.1, -0.05) is 31.5 Å². The molecular formula is C28H37NO8. The number of hydrogen-bond donors (Lipinski definition) is 1. The topological polar surface area (TPSA) is 109 Å². The average molecular weight is 516 g/mol. The molecule has 0 fully saturated rings. The Bertz CT molecular complexity index is 1060. The molecule has 0 aromatic heterocycles. The Kier molecular flexibility index (Phi) is 11.4. The number of esters is 1. The highest BCUT2D eigenvalue weighted by molar-refractivity contribution is 6.04. The Balaban J connectivity index is 2.18. The van der Waals surface area contributed by atoms with Gasteiger partial charge in [0, 0.05) is 12.1 Å². The number of para-hydroxylation sites is 1. The van der Waals surface area contributed by atoms with Crippen LogP contribution in [0, 0.1) is 6.92 Å². The van der Waals surface area contributed by atoms with Crippen LogP contribution < -0.4 is 19.5 Å². The number of amides is 1. The Morgan fingerprint density at radius 1 is 1.03 bits per heavy atom. The SMILES string of the molecule is CCCCOc1cc(C(=O)COCCNC(=O)OC(C)(C)C)c(OC)c(C)c1C(=O)Oc1ccccc1. The number of nitrogens with one attached hydrogen (secondary N) is 1. The zero-order valence-electron chi connectivity index (χ0n) is 22.5. The third kappa shape index (κ3) is 9.42. The molecule has 37 heavy (non-hydrogen) atoms. The highest BCUT2D eigenvalue weighted by Gasteiger charge is 2.27. The molecule has 1 amide bonds.